The number of carboxylic acids is 1. The number of nitrogen functional groups attached to an aromatic ring is 1. The minimum absolute atomic E-state index is 0.00847. The Labute approximate surface area is 322 Å². The molecule has 0 spiro atoms. The van der Waals surface area contributed by atoms with E-state index in [-0.39, 0.29) is 35.7 Å². The van der Waals surface area contributed by atoms with Crippen molar-refractivity contribution in [1.82, 2.24) is 15.6 Å². The molecule has 2 fully saturated rings. The maximum atomic E-state index is 13.6. The molecular weight excluding hydrogens is 752 g/mol. The SMILES string of the molecule is Nc1ccc([C@@H](O)COc2ccc(-c3cc(=O)c4c(O)c(O[C@H](O)c5cccc(O)c5)c(O[C@@H]5O[C@H](C(=O)O)[C@](O)(C[C@H]6CNCN6)[C@@H](O)[C@H]5O)cc4o3)cc2)[nH]1. The summed E-state index contributed by atoms with van der Waals surface area (Å²) in [6.45, 7) is 0.589. The lowest BCUT2D eigenvalue weighted by molar-refractivity contribution is -0.307. The Kier molecular flexibility index (Phi) is 11.0. The topological polar surface area (TPSA) is 312 Å². The molecule has 0 aliphatic carbocycles. The van der Waals surface area contributed by atoms with Crippen LogP contribution in [0.5, 0.6) is 28.7 Å². The summed E-state index contributed by atoms with van der Waals surface area (Å²) in [5, 5.41) is 92.2. The molecule has 302 valence electrons. The van der Waals surface area contributed by atoms with Gasteiger partial charge in [0, 0.05) is 48.2 Å². The summed E-state index contributed by atoms with van der Waals surface area (Å²) in [6.07, 6.45) is -11.6. The summed E-state index contributed by atoms with van der Waals surface area (Å²) in [5.74, 6) is -3.30. The maximum Gasteiger partial charge on any atom is 0.336 e. The molecule has 0 saturated carbocycles. The van der Waals surface area contributed by atoms with E-state index in [1.54, 1.807) is 36.4 Å². The number of carboxylic acid groups (broad SMARTS) is 1. The van der Waals surface area contributed by atoms with Gasteiger partial charge in [-0.3, -0.25) is 4.79 Å². The number of aliphatic hydroxyl groups excluding tert-OH is 4. The third-order valence-electron chi connectivity index (χ3n) is 9.72. The lowest BCUT2D eigenvalue weighted by Gasteiger charge is -2.47. The first-order valence-corrected chi connectivity index (χ1v) is 17.6. The molecule has 2 aliphatic heterocycles. The molecule has 5 aromatic rings. The van der Waals surface area contributed by atoms with E-state index in [1.165, 1.54) is 18.2 Å². The van der Waals surface area contributed by atoms with Crippen molar-refractivity contribution in [3.05, 3.63) is 94.3 Å². The standard InChI is InChI=1S/C38H40N4O15/c39-28-9-8-22(42-28)24(45)15-53-21-6-4-17(5-7-21)25-11-23(44)29-26(54-25)12-27(32(30(29)46)56-36(51)18-2-1-3-20(43)10-18)55-37-31(47)33(48)38(52,34(57-37)35(49)50)13-19-14-40-16-41-19/h1-12,19,24,31,33-34,36-37,40-43,45-48,51-52H,13-16,39H2,(H,49,50)/t19-,24-,31+,33-,34+,36-,37+,38-/m0/s1. The van der Waals surface area contributed by atoms with Crippen LogP contribution in [-0.2, 0) is 9.53 Å². The Morgan fingerprint density at radius 3 is 2.47 bits per heavy atom. The number of nitrogens with one attached hydrogen (secondary N) is 3. The van der Waals surface area contributed by atoms with Gasteiger partial charge in [-0.25, -0.2) is 4.79 Å². The van der Waals surface area contributed by atoms with E-state index < -0.39 is 82.7 Å². The first-order chi connectivity index (χ1) is 27.2. The lowest BCUT2D eigenvalue weighted by Crippen LogP contribution is -2.70. The number of aliphatic hydroxyl groups is 5. The smallest absolute Gasteiger partial charge is 0.336 e. The molecule has 19 nitrogen and oxygen atoms in total. The van der Waals surface area contributed by atoms with Crippen molar-refractivity contribution in [3.8, 4) is 40.1 Å². The van der Waals surface area contributed by atoms with Gasteiger partial charge in [-0.05, 0) is 55.0 Å². The highest BCUT2D eigenvalue weighted by Gasteiger charge is 2.59. The second kappa shape index (κ2) is 15.9. The summed E-state index contributed by atoms with van der Waals surface area (Å²) in [7, 11) is 0. The number of rotatable bonds is 13. The molecule has 2 aliphatic rings. The number of aliphatic carboxylic acids is 1. The summed E-state index contributed by atoms with van der Waals surface area (Å²) in [4.78, 5) is 28.8. The number of anilines is 1. The second-order valence-electron chi connectivity index (χ2n) is 13.7. The minimum Gasteiger partial charge on any atom is -0.508 e. The number of H-pyrrole nitrogens is 1. The molecule has 0 amide bonds. The van der Waals surface area contributed by atoms with Gasteiger partial charge in [0.25, 0.3) is 0 Å². The van der Waals surface area contributed by atoms with E-state index >= 15 is 0 Å². The first kappa shape index (κ1) is 39.3. The predicted molar refractivity (Wildman–Crippen MR) is 197 cm³/mol. The normalized spacial score (nSPS) is 24.5. The van der Waals surface area contributed by atoms with Crippen molar-refractivity contribution < 1.29 is 69.0 Å². The molecule has 19 heteroatoms. The number of hydrogen-bond donors (Lipinski definition) is 12. The fraction of sp³-hybridized carbons (Fsp3) is 0.316. The van der Waals surface area contributed by atoms with Crippen LogP contribution in [0.2, 0.25) is 0 Å². The van der Waals surface area contributed by atoms with Crippen LogP contribution < -0.4 is 36.0 Å². The molecule has 2 aromatic heterocycles. The fourth-order valence-corrected chi connectivity index (χ4v) is 6.80. The molecule has 4 heterocycles. The second-order valence-corrected chi connectivity index (χ2v) is 13.7. The zero-order valence-corrected chi connectivity index (χ0v) is 29.8. The Morgan fingerprint density at radius 1 is 1.04 bits per heavy atom. The molecule has 2 saturated heterocycles. The average Bonchev–Trinajstić information content (AvgIpc) is 3.87. The van der Waals surface area contributed by atoms with Crippen LogP contribution in [0.3, 0.4) is 0 Å². The minimum atomic E-state index is -2.50. The Hall–Kier alpha value is -5.90. The zero-order valence-electron chi connectivity index (χ0n) is 29.8. The van der Waals surface area contributed by atoms with Crippen molar-refractivity contribution in [2.45, 2.75) is 55.1 Å². The van der Waals surface area contributed by atoms with Gasteiger partial charge in [-0.15, -0.1) is 0 Å². The van der Waals surface area contributed by atoms with E-state index in [1.807, 2.05) is 0 Å². The molecule has 8 atom stereocenters. The van der Waals surface area contributed by atoms with Crippen LogP contribution in [0.1, 0.15) is 30.1 Å². The third kappa shape index (κ3) is 8.04. The van der Waals surface area contributed by atoms with E-state index in [2.05, 4.69) is 15.6 Å². The summed E-state index contributed by atoms with van der Waals surface area (Å²) in [6, 6.07) is 16.4. The lowest BCUT2D eigenvalue weighted by atomic mass is 9.79. The number of fused-ring (bicyclic) bond motifs is 1. The van der Waals surface area contributed by atoms with Crippen molar-refractivity contribution >= 4 is 22.8 Å². The van der Waals surface area contributed by atoms with E-state index in [0.29, 0.717) is 36.0 Å². The quantitative estimate of drug-likeness (QED) is 0.0723. The summed E-state index contributed by atoms with van der Waals surface area (Å²) < 4.78 is 28.8. The molecule has 13 N–H and O–H groups in total. The largest absolute Gasteiger partial charge is 0.508 e. The highest BCUT2D eigenvalue weighted by atomic mass is 16.7. The molecule has 7 rings (SSSR count). The number of nitrogens with two attached hydrogens (primary N) is 1. The van der Waals surface area contributed by atoms with Gasteiger partial charge in [-0.2, -0.15) is 0 Å². The molecule has 0 unspecified atom stereocenters. The van der Waals surface area contributed by atoms with Gasteiger partial charge in [0.1, 0.15) is 64.6 Å². The van der Waals surface area contributed by atoms with Gasteiger partial charge in [0.05, 0.1) is 0 Å². The highest BCUT2D eigenvalue weighted by molar-refractivity contribution is 5.89. The van der Waals surface area contributed by atoms with Gasteiger partial charge >= 0.3 is 5.97 Å². The van der Waals surface area contributed by atoms with Crippen LogP contribution >= 0.6 is 0 Å². The number of ether oxygens (including phenoxy) is 4. The number of phenolic OH excluding ortho intramolecular Hbond substituents is 2. The van der Waals surface area contributed by atoms with Crippen LogP contribution in [0, 0.1) is 0 Å². The van der Waals surface area contributed by atoms with Crippen molar-refractivity contribution in [3.63, 3.8) is 0 Å². The van der Waals surface area contributed by atoms with E-state index in [9.17, 15) is 50.4 Å². The highest BCUT2D eigenvalue weighted by Crippen LogP contribution is 2.46. The number of hydrogen-bond acceptors (Lipinski definition) is 17. The molecule has 0 radical (unpaired) electrons. The van der Waals surface area contributed by atoms with Crippen LogP contribution in [0.25, 0.3) is 22.3 Å². The number of phenols is 2. The van der Waals surface area contributed by atoms with Gasteiger partial charge in [0.15, 0.2) is 23.0 Å². The number of carbonyl (C=O) groups is 1. The predicted octanol–water partition coefficient (Wildman–Crippen LogP) is 0.514. The summed E-state index contributed by atoms with van der Waals surface area (Å²) >= 11 is 0. The van der Waals surface area contributed by atoms with Crippen molar-refractivity contribution in [2.24, 2.45) is 0 Å². The first-order valence-electron chi connectivity index (χ1n) is 17.6. The molecule has 3 aromatic carbocycles. The van der Waals surface area contributed by atoms with Gasteiger partial charge in [-0.1, -0.05) is 12.1 Å². The van der Waals surface area contributed by atoms with E-state index in [0.717, 1.165) is 18.2 Å². The van der Waals surface area contributed by atoms with Crippen LogP contribution in [-0.4, -0.2) is 108 Å². The number of benzene rings is 3. The fourth-order valence-electron chi connectivity index (χ4n) is 6.80. The Morgan fingerprint density at radius 2 is 1.81 bits per heavy atom. The number of aromatic nitrogens is 1. The average molecular weight is 793 g/mol. The molecule has 0 bridgehead atoms. The molecular formula is C38H40N4O15. The Balaban J connectivity index is 1.22. The van der Waals surface area contributed by atoms with E-state index in [4.69, 9.17) is 29.1 Å². The number of aromatic amines is 1. The molecule has 57 heavy (non-hydrogen) atoms. The van der Waals surface area contributed by atoms with Crippen LogP contribution in [0.4, 0.5) is 5.82 Å². The Bertz CT molecular complexity index is 2290. The van der Waals surface area contributed by atoms with Gasteiger partial charge in [0.2, 0.25) is 18.3 Å². The van der Waals surface area contributed by atoms with Crippen molar-refractivity contribution in [2.75, 3.05) is 25.6 Å². The third-order valence-corrected chi connectivity index (χ3v) is 9.72. The van der Waals surface area contributed by atoms with Crippen LogP contribution in [0.15, 0.2) is 82.0 Å². The zero-order chi connectivity index (χ0) is 40.6. The number of aromatic hydroxyl groups is 2. The summed E-state index contributed by atoms with van der Waals surface area (Å²) in [5.41, 5.74) is 2.97. The van der Waals surface area contributed by atoms with Gasteiger partial charge < -0.3 is 85.6 Å². The van der Waals surface area contributed by atoms with Crippen molar-refractivity contribution in [1.29, 1.82) is 0 Å². The monoisotopic (exact) mass is 792 g/mol. The maximum absolute atomic E-state index is 13.6.